The molecule has 0 fully saturated rings. The van der Waals surface area contributed by atoms with Gasteiger partial charge in [-0.15, -0.1) is 0 Å². The van der Waals surface area contributed by atoms with E-state index in [1.54, 1.807) is 36.7 Å². The molecule has 1 aliphatic rings. The van der Waals surface area contributed by atoms with Gasteiger partial charge in [0.1, 0.15) is 0 Å². The smallest absolute Gasteiger partial charge is 0.242 e. The van der Waals surface area contributed by atoms with Crippen LogP contribution in [0.5, 0.6) is 0 Å². The summed E-state index contributed by atoms with van der Waals surface area (Å²) < 4.78 is 25.3. The van der Waals surface area contributed by atoms with Crippen molar-refractivity contribution in [1.82, 2.24) is 15.0 Å². The zero-order valence-electron chi connectivity index (χ0n) is 16.6. The Morgan fingerprint density at radius 3 is 2.57 bits per heavy atom. The molecule has 2 aromatic carbocycles. The topological polar surface area (TPSA) is 105 Å². The summed E-state index contributed by atoms with van der Waals surface area (Å²) in [7, 11) is -3.34. The predicted octanol–water partition coefficient (Wildman–Crippen LogP) is 3.09. The Balaban J connectivity index is 1.69. The maximum absolute atomic E-state index is 12.6. The highest BCUT2D eigenvalue weighted by atomic mass is 32.2. The molecule has 0 radical (unpaired) electrons. The molecule has 1 N–H and O–H groups in total. The molecule has 4 rings (SSSR count). The van der Waals surface area contributed by atoms with Crippen molar-refractivity contribution < 1.29 is 13.2 Å². The normalized spacial score (nSPS) is 16.5. The first-order chi connectivity index (χ1) is 14.4. The van der Waals surface area contributed by atoms with Gasteiger partial charge in [0.15, 0.2) is 0 Å². The Kier molecular flexibility index (Phi) is 5.21. The lowest BCUT2D eigenvalue weighted by Gasteiger charge is -2.22. The van der Waals surface area contributed by atoms with Gasteiger partial charge in [0.25, 0.3) is 0 Å². The number of hydrazone groups is 1. The van der Waals surface area contributed by atoms with Gasteiger partial charge in [-0.3, -0.25) is 19.5 Å². The first-order valence-corrected chi connectivity index (χ1v) is 11.4. The van der Waals surface area contributed by atoms with Gasteiger partial charge in [0.2, 0.25) is 15.9 Å². The molecule has 1 aromatic heterocycles. The van der Waals surface area contributed by atoms with Crippen molar-refractivity contribution in [3.8, 4) is 0 Å². The van der Waals surface area contributed by atoms with E-state index in [4.69, 9.17) is 0 Å². The molecule has 154 valence electrons. The monoisotopic (exact) mass is 423 g/mol. The van der Waals surface area contributed by atoms with Crippen LogP contribution >= 0.6 is 0 Å². The van der Waals surface area contributed by atoms with Crippen molar-refractivity contribution in [2.45, 2.75) is 25.8 Å². The summed E-state index contributed by atoms with van der Waals surface area (Å²) in [6.07, 6.45) is 5.25. The average molecular weight is 423 g/mol. The third kappa shape index (κ3) is 4.02. The van der Waals surface area contributed by atoms with Gasteiger partial charge < -0.3 is 0 Å². The second-order valence-electron chi connectivity index (χ2n) is 7.08. The number of carbonyl (C=O) groups excluding carboxylic acids is 1. The summed E-state index contributed by atoms with van der Waals surface area (Å²) >= 11 is 0. The van der Waals surface area contributed by atoms with E-state index in [-0.39, 0.29) is 11.9 Å². The number of carbonyl (C=O) groups is 1. The molecule has 0 spiro atoms. The van der Waals surface area contributed by atoms with E-state index < -0.39 is 10.0 Å². The molecule has 2 heterocycles. The Labute approximate surface area is 174 Å². The summed E-state index contributed by atoms with van der Waals surface area (Å²) in [5.74, 6) is -0.0775. The highest BCUT2D eigenvalue weighted by molar-refractivity contribution is 7.92. The van der Waals surface area contributed by atoms with Gasteiger partial charge >= 0.3 is 0 Å². The molecule has 8 nitrogen and oxygen atoms in total. The van der Waals surface area contributed by atoms with Crippen molar-refractivity contribution in [3.05, 3.63) is 66.0 Å². The summed E-state index contributed by atoms with van der Waals surface area (Å²) in [6, 6.07) is 12.4. The van der Waals surface area contributed by atoms with Crippen LogP contribution in [0.25, 0.3) is 11.0 Å². The SMILES string of the molecule is CCC(=O)N1N=C(c2ccc(NS(C)(=O)=O)cc2)CC1c1cccc2nccnc12. The maximum atomic E-state index is 12.6. The minimum atomic E-state index is -3.34. The number of nitrogens with one attached hydrogen (secondary N) is 1. The second-order valence-corrected chi connectivity index (χ2v) is 8.83. The molecule has 3 aromatic rings. The first-order valence-electron chi connectivity index (χ1n) is 9.53. The van der Waals surface area contributed by atoms with E-state index in [1.807, 2.05) is 25.1 Å². The third-order valence-electron chi connectivity index (χ3n) is 4.88. The Hall–Kier alpha value is -3.33. The van der Waals surface area contributed by atoms with Crippen LogP contribution < -0.4 is 4.72 Å². The minimum absolute atomic E-state index is 0.0775. The number of rotatable bonds is 5. The number of benzene rings is 2. The van der Waals surface area contributed by atoms with Crippen LogP contribution in [-0.2, 0) is 14.8 Å². The van der Waals surface area contributed by atoms with E-state index in [1.165, 1.54) is 5.01 Å². The molecular weight excluding hydrogens is 402 g/mol. The number of hydrogen-bond acceptors (Lipinski definition) is 6. The van der Waals surface area contributed by atoms with Gasteiger partial charge in [-0.25, -0.2) is 13.4 Å². The molecule has 1 aliphatic heterocycles. The Bertz CT molecular complexity index is 1230. The lowest BCUT2D eigenvalue weighted by Crippen LogP contribution is -2.26. The van der Waals surface area contributed by atoms with Crippen LogP contribution in [0.3, 0.4) is 0 Å². The fraction of sp³-hybridized carbons (Fsp3) is 0.238. The Morgan fingerprint density at radius 1 is 1.13 bits per heavy atom. The lowest BCUT2D eigenvalue weighted by atomic mass is 9.97. The van der Waals surface area contributed by atoms with Gasteiger partial charge in [0.05, 0.1) is 29.0 Å². The summed E-state index contributed by atoms with van der Waals surface area (Å²) in [6.45, 7) is 1.81. The summed E-state index contributed by atoms with van der Waals surface area (Å²) in [5, 5.41) is 6.14. The number of amides is 1. The number of nitrogens with zero attached hydrogens (tertiary/aromatic N) is 4. The van der Waals surface area contributed by atoms with E-state index in [0.717, 1.165) is 34.1 Å². The number of para-hydroxylation sites is 1. The van der Waals surface area contributed by atoms with Crippen molar-refractivity contribution in [3.63, 3.8) is 0 Å². The third-order valence-corrected chi connectivity index (χ3v) is 5.49. The Morgan fingerprint density at radius 2 is 1.87 bits per heavy atom. The van der Waals surface area contributed by atoms with E-state index in [9.17, 15) is 13.2 Å². The number of sulfonamides is 1. The standard InChI is InChI=1S/C21H21N5O3S/c1-3-20(27)26-19(16-5-4-6-17-21(16)23-12-11-22-17)13-18(24-26)14-7-9-15(10-8-14)25-30(2,28)29/h4-12,19,25H,3,13H2,1-2H3. The molecular formula is C21H21N5O3S. The number of aromatic nitrogens is 2. The van der Waals surface area contributed by atoms with Gasteiger partial charge in [-0.05, 0) is 23.8 Å². The van der Waals surface area contributed by atoms with Crippen LogP contribution in [0.4, 0.5) is 5.69 Å². The molecule has 1 atom stereocenters. The minimum Gasteiger partial charge on any atom is -0.284 e. The zero-order chi connectivity index (χ0) is 21.3. The van der Waals surface area contributed by atoms with Crippen LogP contribution in [0.1, 0.15) is 36.9 Å². The van der Waals surface area contributed by atoms with Crippen molar-refractivity contribution in [2.24, 2.45) is 5.10 Å². The van der Waals surface area contributed by atoms with E-state index in [0.29, 0.717) is 18.5 Å². The summed E-state index contributed by atoms with van der Waals surface area (Å²) in [4.78, 5) is 21.5. The molecule has 0 saturated carbocycles. The zero-order valence-corrected chi connectivity index (χ0v) is 17.4. The van der Waals surface area contributed by atoms with Crippen molar-refractivity contribution >= 4 is 38.4 Å². The van der Waals surface area contributed by atoms with Crippen molar-refractivity contribution in [1.29, 1.82) is 0 Å². The number of fused-ring (bicyclic) bond motifs is 1. The second kappa shape index (κ2) is 7.83. The molecule has 1 unspecified atom stereocenters. The van der Waals surface area contributed by atoms with Gasteiger partial charge in [-0.2, -0.15) is 5.10 Å². The predicted molar refractivity (Wildman–Crippen MR) is 115 cm³/mol. The molecule has 0 bridgehead atoms. The summed E-state index contributed by atoms with van der Waals surface area (Å²) in [5.41, 5.74) is 4.48. The van der Waals surface area contributed by atoms with Crippen LogP contribution in [-0.4, -0.2) is 41.3 Å². The van der Waals surface area contributed by atoms with Crippen LogP contribution in [0.2, 0.25) is 0 Å². The lowest BCUT2D eigenvalue weighted by molar-refractivity contribution is -0.132. The quantitative estimate of drug-likeness (QED) is 0.679. The van der Waals surface area contributed by atoms with Crippen molar-refractivity contribution in [2.75, 3.05) is 11.0 Å². The highest BCUT2D eigenvalue weighted by Crippen LogP contribution is 2.36. The molecule has 0 saturated heterocycles. The first kappa shape index (κ1) is 20.0. The van der Waals surface area contributed by atoms with E-state index in [2.05, 4.69) is 19.8 Å². The maximum Gasteiger partial charge on any atom is 0.242 e. The molecule has 9 heteroatoms. The van der Waals surface area contributed by atoms with Gasteiger partial charge in [-0.1, -0.05) is 31.2 Å². The number of hydrogen-bond donors (Lipinski definition) is 1. The fourth-order valence-corrected chi connectivity index (χ4v) is 4.11. The molecule has 1 amide bonds. The van der Waals surface area contributed by atoms with E-state index >= 15 is 0 Å². The largest absolute Gasteiger partial charge is 0.284 e. The average Bonchev–Trinajstić information content (AvgIpc) is 3.17. The van der Waals surface area contributed by atoms with Crippen LogP contribution in [0, 0.1) is 0 Å². The molecule has 30 heavy (non-hydrogen) atoms. The van der Waals surface area contributed by atoms with Gasteiger partial charge in [0, 0.05) is 36.5 Å². The molecule has 0 aliphatic carbocycles. The highest BCUT2D eigenvalue weighted by Gasteiger charge is 2.33. The fourth-order valence-electron chi connectivity index (χ4n) is 3.55. The van der Waals surface area contributed by atoms with Crippen LogP contribution in [0.15, 0.2) is 60.0 Å². The number of anilines is 1.